The molecule has 0 saturated heterocycles. The summed E-state index contributed by atoms with van der Waals surface area (Å²) in [6, 6.07) is -0.999. The van der Waals surface area contributed by atoms with E-state index < -0.39 is 29.7 Å². The molecule has 1 aliphatic rings. The molecule has 0 spiro atoms. The number of rotatable bonds is 2. The van der Waals surface area contributed by atoms with E-state index >= 15 is 0 Å². The Hall–Kier alpha value is -2.05. The van der Waals surface area contributed by atoms with Crippen molar-refractivity contribution in [2.45, 2.75) is 45.8 Å². The third kappa shape index (κ3) is 3.28. The van der Waals surface area contributed by atoms with E-state index in [4.69, 9.17) is 9.84 Å². The maximum absolute atomic E-state index is 12.1. The molecule has 0 aliphatic carbocycles. The molecule has 0 fully saturated rings. The number of allylic oxidation sites excluding steroid dienone is 1. The molecule has 0 radical (unpaired) electrons. The van der Waals surface area contributed by atoms with Crippen molar-refractivity contribution in [1.29, 1.82) is 0 Å². The van der Waals surface area contributed by atoms with Gasteiger partial charge in [0.15, 0.2) is 0 Å². The fraction of sp³-hybridized carbons (Fsp3) is 0.615. The van der Waals surface area contributed by atoms with Crippen molar-refractivity contribution < 1.29 is 29.0 Å². The fourth-order valence-electron chi connectivity index (χ4n) is 1.95. The quantitative estimate of drug-likeness (QED) is 0.773. The topological polar surface area (TPSA) is 93.1 Å². The molecule has 1 N–H and O–H groups in total. The minimum atomic E-state index is -1.16. The molecule has 1 atom stereocenters. The number of carbonyl (C=O) groups excluding carboxylic acids is 2. The van der Waals surface area contributed by atoms with E-state index in [0.29, 0.717) is 0 Å². The summed E-state index contributed by atoms with van der Waals surface area (Å²) < 4.78 is 9.81. The monoisotopic (exact) mass is 285 g/mol. The van der Waals surface area contributed by atoms with Crippen molar-refractivity contribution in [2.24, 2.45) is 0 Å². The molecule has 7 heteroatoms. The van der Waals surface area contributed by atoms with Gasteiger partial charge in [-0.1, -0.05) is 0 Å². The molecule has 0 unspecified atom stereocenters. The van der Waals surface area contributed by atoms with Crippen LogP contribution in [0, 0.1) is 0 Å². The lowest BCUT2D eigenvalue weighted by Gasteiger charge is -2.28. The van der Waals surface area contributed by atoms with Crippen LogP contribution in [0.3, 0.4) is 0 Å². The molecule has 7 nitrogen and oxygen atoms in total. The Kier molecular flexibility index (Phi) is 4.42. The first-order chi connectivity index (χ1) is 9.08. The van der Waals surface area contributed by atoms with Crippen LogP contribution in [-0.4, -0.2) is 46.8 Å². The summed E-state index contributed by atoms with van der Waals surface area (Å²) in [5.41, 5.74) is -0.544. The zero-order chi connectivity index (χ0) is 15.7. The van der Waals surface area contributed by atoms with E-state index in [9.17, 15) is 14.4 Å². The smallest absolute Gasteiger partial charge is 0.415 e. The van der Waals surface area contributed by atoms with Gasteiger partial charge in [0.2, 0.25) is 0 Å². The van der Waals surface area contributed by atoms with Gasteiger partial charge in [0, 0.05) is 12.1 Å². The predicted molar refractivity (Wildman–Crippen MR) is 68.8 cm³/mol. The number of ether oxygens (including phenoxy) is 2. The number of carbonyl (C=O) groups is 3. The van der Waals surface area contributed by atoms with Crippen molar-refractivity contribution in [3.05, 3.63) is 11.3 Å². The first-order valence-electron chi connectivity index (χ1n) is 6.11. The average molecular weight is 285 g/mol. The molecule has 0 bridgehead atoms. The van der Waals surface area contributed by atoms with Gasteiger partial charge in [-0.05, 0) is 27.7 Å². The number of carboxylic acid groups (broad SMARTS) is 1. The molecule has 1 amide bonds. The van der Waals surface area contributed by atoms with Crippen LogP contribution in [0.1, 0.15) is 34.1 Å². The highest BCUT2D eigenvalue weighted by atomic mass is 16.6. The summed E-state index contributed by atoms with van der Waals surface area (Å²) in [6.45, 7) is 6.53. The summed E-state index contributed by atoms with van der Waals surface area (Å²) in [5.74, 6) is -1.84. The SMILES string of the molecule is COC(=O)[C@@H]1CC(C(=O)O)=C(C)N1C(=O)OC(C)(C)C. The summed E-state index contributed by atoms with van der Waals surface area (Å²) in [7, 11) is 1.18. The largest absolute Gasteiger partial charge is 0.478 e. The highest BCUT2D eigenvalue weighted by Gasteiger charge is 2.43. The second kappa shape index (κ2) is 5.52. The van der Waals surface area contributed by atoms with E-state index in [0.717, 1.165) is 4.90 Å². The maximum atomic E-state index is 12.1. The van der Waals surface area contributed by atoms with Crippen LogP contribution in [0.15, 0.2) is 11.3 Å². The van der Waals surface area contributed by atoms with E-state index in [-0.39, 0.29) is 17.7 Å². The lowest BCUT2D eigenvalue weighted by atomic mass is 10.1. The van der Waals surface area contributed by atoms with Gasteiger partial charge >= 0.3 is 18.0 Å². The zero-order valence-corrected chi connectivity index (χ0v) is 12.2. The van der Waals surface area contributed by atoms with E-state index in [1.807, 2.05) is 0 Å². The number of hydrogen-bond acceptors (Lipinski definition) is 5. The van der Waals surface area contributed by atoms with Gasteiger partial charge in [0.05, 0.1) is 12.7 Å². The second-order valence-corrected chi connectivity index (χ2v) is 5.46. The fourth-order valence-corrected chi connectivity index (χ4v) is 1.95. The lowest BCUT2D eigenvalue weighted by Crippen LogP contribution is -2.43. The van der Waals surface area contributed by atoms with Gasteiger partial charge in [-0.2, -0.15) is 0 Å². The number of nitrogens with zero attached hydrogens (tertiary/aromatic N) is 1. The summed E-state index contributed by atoms with van der Waals surface area (Å²) >= 11 is 0. The maximum Gasteiger partial charge on any atom is 0.415 e. The molecule has 1 rings (SSSR count). The highest BCUT2D eigenvalue weighted by molar-refractivity contribution is 5.94. The minimum absolute atomic E-state index is 0.00580. The van der Waals surface area contributed by atoms with Crippen molar-refractivity contribution >= 4 is 18.0 Å². The number of hydrogen-bond donors (Lipinski definition) is 1. The van der Waals surface area contributed by atoms with Crippen LogP contribution in [-0.2, 0) is 19.1 Å². The Bertz CT molecular complexity index is 474. The van der Waals surface area contributed by atoms with Crippen LogP contribution in [0.5, 0.6) is 0 Å². The first kappa shape index (κ1) is 16.0. The van der Waals surface area contributed by atoms with Crippen molar-refractivity contribution in [3.8, 4) is 0 Å². The summed E-state index contributed by atoms with van der Waals surface area (Å²) in [4.78, 5) is 36.0. The Balaban J connectivity index is 3.11. The molecule has 1 heterocycles. The number of aliphatic carboxylic acids is 1. The predicted octanol–water partition coefficient (Wildman–Crippen LogP) is 1.53. The van der Waals surface area contributed by atoms with Gasteiger partial charge < -0.3 is 14.6 Å². The Morgan fingerprint density at radius 2 is 1.85 bits per heavy atom. The zero-order valence-electron chi connectivity index (χ0n) is 12.2. The van der Waals surface area contributed by atoms with Crippen molar-refractivity contribution in [2.75, 3.05) is 7.11 Å². The molecule has 0 aromatic carbocycles. The molecule has 0 saturated carbocycles. The van der Waals surface area contributed by atoms with Crippen LogP contribution in [0.25, 0.3) is 0 Å². The normalized spacial score (nSPS) is 19.1. The van der Waals surface area contributed by atoms with Crippen LogP contribution < -0.4 is 0 Å². The minimum Gasteiger partial charge on any atom is -0.478 e. The van der Waals surface area contributed by atoms with Crippen LogP contribution in [0.2, 0.25) is 0 Å². The Morgan fingerprint density at radius 1 is 1.30 bits per heavy atom. The van der Waals surface area contributed by atoms with Crippen molar-refractivity contribution in [3.63, 3.8) is 0 Å². The van der Waals surface area contributed by atoms with Crippen LogP contribution in [0.4, 0.5) is 4.79 Å². The molecular weight excluding hydrogens is 266 g/mol. The van der Waals surface area contributed by atoms with Crippen molar-refractivity contribution in [1.82, 2.24) is 4.90 Å². The summed E-state index contributed by atoms with van der Waals surface area (Å²) in [6.07, 6.45) is -0.853. The van der Waals surface area contributed by atoms with E-state index in [1.54, 1.807) is 20.8 Å². The van der Waals surface area contributed by atoms with Gasteiger partial charge in [-0.15, -0.1) is 0 Å². The molecule has 0 aromatic heterocycles. The van der Waals surface area contributed by atoms with Crippen LogP contribution >= 0.6 is 0 Å². The average Bonchev–Trinajstić information content (AvgIpc) is 2.63. The van der Waals surface area contributed by atoms with E-state index in [1.165, 1.54) is 14.0 Å². The molecular formula is C13H19NO6. The molecule has 20 heavy (non-hydrogen) atoms. The van der Waals surface area contributed by atoms with Gasteiger partial charge in [-0.25, -0.2) is 14.4 Å². The third-order valence-corrected chi connectivity index (χ3v) is 2.83. The van der Waals surface area contributed by atoms with Gasteiger partial charge in [-0.3, -0.25) is 4.90 Å². The van der Waals surface area contributed by atoms with Gasteiger partial charge in [0.1, 0.15) is 11.6 Å². The number of methoxy groups -OCH3 is 1. The second-order valence-electron chi connectivity index (χ2n) is 5.46. The molecule has 1 aliphatic heterocycles. The number of esters is 1. The van der Waals surface area contributed by atoms with Gasteiger partial charge in [0.25, 0.3) is 0 Å². The lowest BCUT2D eigenvalue weighted by molar-refractivity contribution is -0.145. The molecule has 0 aromatic rings. The Labute approximate surface area is 117 Å². The summed E-state index contributed by atoms with van der Waals surface area (Å²) in [5, 5.41) is 9.10. The third-order valence-electron chi connectivity index (χ3n) is 2.83. The standard InChI is InChI=1S/C13H19NO6/c1-7-8(10(15)16)6-9(11(17)19-5)14(7)12(18)20-13(2,3)4/h9H,6H2,1-5H3,(H,15,16)/t9-/m0/s1. The Morgan fingerprint density at radius 3 is 2.25 bits per heavy atom. The number of carboxylic acids is 1. The first-order valence-corrected chi connectivity index (χ1v) is 6.11. The number of amides is 1. The highest BCUT2D eigenvalue weighted by Crippen LogP contribution is 2.31. The molecule has 112 valence electrons. The van der Waals surface area contributed by atoms with E-state index in [2.05, 4.69) is 4.74 Å².